The third kappa shape index (κ3) is 2.92. The van der Waals surface area contributed by atoms with Crippen molar-refractivity contribution in [2.75, 3.05) is 6.61 Å². The van der Waals surface area contributed by atoms with E-state index in [1.807, 2.05) is 0 Å². The van der Waals surface area contributed by atoms with Crippen molar-refractivity contribution in [3.05, 3.63) is 15.9 Å². The minimum Gasteiger partial charge on any atom is -0.376 e. The summed E-state index contributed by atoms with van der Waals surface area (Å²) in [5.41, 5.74) is -0.631. The van der Waals surface area contributed by atoms with E-state index in [0.717, 1.165) is 56.5 Å². The normalized spacial score (nSPS) is 40.1. The van der Waals surface area contributed by atoms with Crippen molar-refractivity contribution in [3.63, 3.8) is 0 Å². The number of thiazole rings is 1. The van der Waals surface area contributed by atoms with E-state index in [-0.39, 0.29) is 18.1 Å². The highest BCUT2D eigenvalue weighted by Gasteiger charge is 2.56. The Morgan fingerprint density at radius 3 is 2.84 bits per heavy atom. The minimum atomic E-state index is -0.631. The molecule has 4 bridgehead atoms. The first-order chi connectivity index (χ1) is 12.1. The fourth-order valence-electron chi connectivity index (χ4n) is 5.51. The highest BCUT2D eigenvalue weighted by molar-refractivity contribution is 7.09. The number of ether oxygens (including phenoxy) is 2. The highest BCUT2D eigenvalue weighted by atomic mass is 32.1. The SMILES string of the molecule is Cc1cn(C[C@H]2CCCO2)/c(=N/C(=O)C23CC4CC(CC(C4)O2)C3)s1. The zero-order valence-electron chi connectivity index (χ0n) is 14.8. The maximum Gasteiger partial charge on any atom is 0.280 e. The first-order valence-electron chi connectivity index (χ1n) is 9.65. The van der Waals surface area contributed by atoms with Gasteiger partial charge < -0.3 is 14.0 Å². The minimum absolute atomic E-state index is 0.0467. The van der Waals surface area contributed by atoms with Crippen molar-refractivity contribution < 1.29 is 14.3 Å². The van der Waals surface area contributed by atoms with Gasteiger partial charge in [0, 0.05) is 17.7 Å². The molecule has 2 unspecified atom stereocenters. The molecule has 136 valence electrons. The van der Waals surface area contributed by atoms with Crippen molar-refractivity contribution in [2.24, 2.45) is 16.8 Å². The van der Waals surface area contributed by atoms with Gasteiger partial charge in [-0.2, -0.15) is 4.99 Å². The maximum atomic E-state index is 13.1. The van der Waals surface area contributed by atoms with E-state index in [2.05, 4.69) is 22.7 Å². The summed E-state index contributed by atoms with van der Waals surface area (Å²) < 4.78 is 14.1. The van der Waals surface area contributed by atoms with Gasteiger partial charge in [0.15, 0.2) is 4.80 Å². The second-order valence-electron chi connectivity index (χ2n) is 8.41. The smallest absolute Gasteiger partial charge is 0.280 e. The predicted octanol–water partition coefficient (Wildman–Crippen LogP) is 2.81. The van der Waals surface area contributed by atoms with Crippen LogP contribution in [-0.2, 0) is 20.8 Å². The molecule has 5 fully saturated rings. The van der Waals surface area contributed by atoms with E-state index in [0.29, 0.717) is 11.8 Å². The molecule has 0 radical (unpaired) electrons. The van der Waals surface area contributed by atoms with Gasteiger partial charge in [-0.05, 0) is 63.7 Å². The molecule has 5 nitrogen and oxygen atoms in total. The van der Waals surface area contributed by atoms with Gasteiger partial charge in [0.1, 0.15) is 5.60 Å². The van der Waals surface area contributed by atoms with E-state index in [4.69, 9.17) is 9.47 Å². The number of rotatable bonds is 3. The monoisotopic (exact) mass is 362 g/mol. The molecule has 3 aliphatic heterocycles. The Bertz CT molecular complexity index is 709. The number of aryl methyl sites for hydroxylation is 1. The molecule has 5 aliphatic rings. The van der Waals surface area contributed by atoms with E-state index >= 15 is 0 Å². The number of carbonyl (C=O) groups is 1. The molecule has 25 heavy (non-hydrogen) atoms. The van der Waals surface area contributed by atoms with Gasteiger partial charge >= 0.3 is 0 Å². The van der Waals surface area contributed by atoms with Gasteiger partial charge in [-0.15, -0.1) is 11.3 Å². The second kappa shape index (κ2) is 6.03. The zero-order valence-corrected chi connectivity index (χ0v) is 15.6. The van der Waals surface area contributed by atoms with Crippen LogP contribution < -0.4 is 4.80 Å². The first-order valence-corrected chi connectivity index (χ1v) is 10.5. The van der Waals surface area contributed by atoms with E-state index < -0.39 is 5.60 Å². The lowest BCUT2D eigenvalue weighted by Gasteiger charge is -2.54. The molecule has 3 atom stereocenters. The van der Waals surface area contributed by atoms with Gasteiger partial charge in [-0.1, -0.05) is 0 Å². The van der Waals surface area contributed by atoms with Crippen LogP contribution >= 0.6 is 11.3 Å². The summed E-state index contributed by atoms with van der Waals surface area (Å²) in [5, 5.41) is 0. The van der Waals surface area contributed by atoms with Gasteiger partial charge in [0.25, 0.3) is 5.91 Å². The van der Waals surface area contributed by atoms with Gasteiger partial charge in [0.05, 0.1) is 18.8 Å². The molecule has 1 aromatic rings. The van der Waals surface area contributed by atoms with Crippen LogP contribution in [0.1, 0.15) is 49.8 Å². The third-order valence-electron chi connectivity index (χ3n) is 6.34. The lowest BCUT2D eigenvalue weighted by Crippen LogP contribution is -2.58. The molecule has 4 heterocycles. The van der Waals surface area contributed by atoms with Crippen LogP contribution in [0.4, 0.5) is 0 Å². The van der Waals surface area contributed by atoms with E-state index in [9.17, 15) is 4.79 Å². The Labute approximate surface area is 152 Å². The van der Waals surface area contributed by atoms with Crippen molar-refractivity contribution >= 4 is 17.2 Å². The molecule has 2 aliphatic carbocycles. The van der Waals surface area contributed by atoms with E-state index in [1.54, 1.807) is 11.3 Å². The lowest BCUT2D eigenvalue weighted by atomic mass is 9.62. The molecule has 0 aromatic carbocycles. The molecule has 6 heteroatoms. The summed E-state index contributed by atoms with van der Waals surface area (Å²) in [5.74, 6) is 1.28. The zero-order chi connectivity index (χ0) is 17.0. The van der Waals surface area contributed by atoms with Crippen LogP contribution in [0.3, 0.4) is 0 Å². The van der Waals surface area contributed by atoms with Crippen LogP contribution in [0.5, 0.6) is 0 Å². The van der Waals surface area contributed by atoms with Crippen molar-refractivity contribution in [1.29, 1.82) is 0 Å². The number of nitrogens with zero attached hydrogens (tertiary/aromatic N) is 2. The molecule has 1 aromatic heterocycles. The molecular formula is C19H26N2O3S. The van der Waals surface area contributed by atoms with Crippen LogP contribution in [0.15, 0.2) is 11.2 Å². The number of aromatic nitrogens is 1. The molecule has 2 saturated carbocycles. The molecule has 3 saturated heterocycles. The average molecular weight is 362 g/mol. The molecular weight excluding hydrogens is 336 g/mol. The van der Waals surface area contributed by atoms with Crippen LogP contribution in [0, 0.1) is 18.8 Å². The summed E-state index contributed by atoms with van der Waals surface area (Å²) >= 11 is 1.59. The summed E-state index contributed by atoms with van der Waals surface area (Å²) in [6.45, 7) is 3.71. The lowest BCUT2D eigenvalue weighted by molar-refractivity contribution is -0.216. The second-order valence-corrected chi connectivity index (χ2v) is 9.62. The van der Waals surface area contributed by atoms with Gasteiger partial charge in [-0.3, -0.25) is 4.79 Å². The molecule has 6 rings (SSSR count). The molecule has 0 N–H and O–H groups in total. The standard InChI is InChI=1S/C19H26N2O3S/c1-12-10-21(11-15-3-2-4-23-15)18(25-12)20-17(22)19-8-13-5-14(9-19)7-16(6-13)24-19/h10,13-16H,2-9,11H2,1H3/b20-18-/t13?,14?,15-,16?,19?/m1/s1. The van der Waals surface area contributed by atoms with Crippen LogP contribution in [0.25, 0.3) is 0 Å². The summed E-state index contributed by atoms with van der Waals surface area (Å²) in [6, 6.07) is 0. The van der Waals surface area contributed by atoms with Gasteiger partial charge in [0.2, 0.25) is 0 Å². The van der Waals surface area contributed by atoms with Crippen LogP contribution in [-0.4, -0.2) is 34.9 Å². The van der Waals surface area contributed by atoms with Crippen molar-refractivity contribution in [3.8, 4) is 0 Å². The number of amides is 1. The Morgan fingerprint density at radius 2 is 2.16 bits per heavy atom. The Balaban J connectivity index is 1.43. The fourth-order valence-corrected chi connectivity index (χ4v) is 6.35. The number of hydrogen-bond acceptors (Lipinski definition) is 4. The van der Waals surface area contributed by atoms with Crippen molar-refractivity contribution in [2.45, 2.75) is 76.2 Å². The van der Waals surface area contributed by atoms with E-state index in [1.165, 1.54) is 11.3 Å². The predicted molar refractivity (Wildman–Crippen MR) is 94.3 cm³/mol. The van der Waals surface area contributed by atoms with Crippen molar-refractivity contribution in [1.82, 2.24) is 4.57 Å². The largest absolute Gasteiger partial charge is 0.376 e. The Hall–Kier alpha value is -0.980. The highest BCUT2D eigenvalue weighted by Crippen LogP contribution is 2.53. The third-order valence-corrected chi connectivity index (χ3v) is 7.27. The summed E-state index contributed by atoms with van der Waals surface area (Å²) in [7, 11) is 0. The Kier molecular flexibility index (Phi) is 3.91. The number of hydrogen-bond donors (Lipinski definition) is 0. The van der Waals surface area contributed by atoms with Crippen LogP contribution in [0.2, 0.25) is 0 Å². The quantitative estimate of drug-likeness (QED) is 0.831. The first kappa shape index (κ1) is 16.2. The topological polar surface area (TPSA) is 52.8 Å². The summed E-state index contributed by atoms with van der Waals surface area (Å²) in [6.07, 6.45) is 10.2. The summed E-state index contributed by atoms with van der Waals surface area (Å²) in [4.78, 5) is 19.7. The number of carbonyl (C=O) groups excluding carboxylic acids is 1. The molecule has 1 amide bonds. The average Bonchev–Trinajstić information content (AvgIpc) is 3.16. The van der Waals surface area contributed by atoms with Gasteiger partial charge in [-0.25, -0.2) is 0 Å². The maximum absolute atomic E-state index is 13.1. The molecule has 0 spiro atoms. The fraction of sp³-hybridized carbons (Fsp3) is 0.789. The Morgan fingerprint density at radius 1 is 1.36 bits per heavy atom.